The van der Waals surface area contributed by atoms with Crippen LogP contribution in [0.25, 0.3) is 0 Å². The van der Waals surface area contributed by atoms with Gasteiger partial charge in [0.1, 0.15) is 0 Å². The van der Waals surface area contributed by atoms with Crippen molar-refractivity contribution in [2.75, 3.05) is 0 Å². The molecule has 0 aromatic rings. The summed E-state index contributed by atoms with van der Waals surface area (Å²) in [6.45, 7) is 0. The van der Waals surface area contributed by atoms with E-state index >= 15 is 0 Å². The molecule has 28 valence electrons. The molecule has 2 nitrogen and oxygen atoms in total. The summed E-state index contributed by atoms with van der Waals surface area (Å²) in [5, 5.41) is 0. The van der Waals surface area contributed by atoms with Crippen LogP contribution in [0.4, 0.5) is 0 Å². The van der Waals surface area contributed by atoms with E-state index in [1.807, 2.05) is 0 Å². The van der Waals surface area contributed by atoms with Crippen LogP contribution in [0.5, 0.6) is 0 Å². The molecule has 0 atom stereocenters. The van der Waals surface area contributed by atoms with E-state index in [4.69, 9.17) is 9.32 Å². The van der Waals surface area contributed by atoms with Gasteiger partial charge >= 0.3 is 88.7 Å². The second kappa shape index (κ2) is 33.9. The molecule has 0 heterocycles. The second-order valence-electron chi connectivity index (χ2n) is 0.0630. The molecule has 0 amide bonds. The SMILES string of the molecule is [Cl-].[Na+].[Na+].[Na+].[O-][Cl+][O-]. The van der Waals surface area contributed by atoms with E-state index in [0.717, 1.165) is 0 Å². The first-order valence-corrected chi connectivity index (χ1v) is 0.926. The Morgan fingerprint density at radius 1 is 0.857 bits per heavy atom. The molecule has 0 fully saturated rings. The van der Waals surface area contributed by atoms with E-state index in [1.54, 1.807) is 0 Å². The van der Waals surface area contributed by atoms with E-state index in [0.29, 0.717) is 0 Å². The van der Waals surface area contributed by atoms with Crippen molar-refractivity contribution in [3.05, 3.63) is 0 Å². The molecule has 0 saturated heterocycles. The van der Waals surface area contributed by atoms with Crippen LogP contribution >= 0.6 is 0 Å². The molecular weight excluding hydrogens is 172 g/mol. The first-order chi connectivity index (χ1) is 1.41. The quantitative estimate of drug-likeness (QED) is 0.340. The summed E-state index contributed by atoms with van der Waals surface area (Å²) in [5.41, 5.74) is 0. The van der Waals surface area contributed by atoms with Crippen molar-refractivity contribution in [3.8, 4) is 0 Å². The van der Waals surface area contributed by atoms with Gasteiger partial charge in [0.15, 0.2) is 0 Å². The van der Waals surface area contributed by atoms with Gasteiger partial charge < -0.3 is 21.7 Å². The van der Waals surface area contributed by atoms with Crippen LogP contribution in [-0.4, -0.2) is 0 Å². The van der Waals surface area contributed by atoms with Crippen molar-refractivity contribution in [2.24, 2.45) is 0 Å². The largest absolute Gasteiger partial charge is 1.00 e. The van der Waals surface area contributed by atoms with Crippen LogP contribution in [0.2, 0.25) is 0 Å². The number of rotatable bonds is 0. The Morgan fingerprint density at radius 3 is 0.857 bits per heavy atom. The molecule has 0 bridgehead atoms. The van der Waals surface area contributed by atoms with E-state index in [1.165, 1.54) is 0 Å². The van der Waals surface area contributed by atoms with Crippen molar-refractivity contribution in [3.63, 3.8) is 0 Å². The van der Waals surface area contributed by atoms with Gasteiger partial charge in [-0.15, -0.1) is 0 Å². The summed E-state index contributed by atoms with van der Waals surface area (Å²) in [5.74, 6) is 0. The van der Waals surface area contributed by atoms with Crippen molar-refractivity contribution < 1.29 is 122 Å². The Labute approximate surface area is 119 Å². The zero-order chi connectivity index (χ0) is 2.71. The van der Waals surface area contributed by atoms with Crippen LogP contribution in [0.1, 0.15) is 0 Å². The van der Waals surface area contributed by atoms with Gasteiger partial charge in [0.05, 0.1) is 11.3 Å². The van der Waals surface area contributed by atoms with Crippen molar-refractivity contribution in [1.82, 2.24) is 0 Å². The molecule has 0 aromatic carbocycles. The summed E-state index contributed by atoms with van der Waals surface area (Å²) >= 11 is -0.417. The number of halogens is 2. The minimum absolute atomic E-state index is 0. The third kappa shape index (κ3) is 43.6. The standard InChI is InChI=1S/ClO2.ClH.3Na/c2-1-3;;;;/h;1H;;;/q-1;;3*+1/p-1. The Balaban J connectivity index is -0.00000000333. The minimum Gasteiger partial charge on any atom is -1.00 e. The Bertz CT molecular complexity index is 10.9. The van der Waals surface area contributed by atoms with E-state index in [-0.39, 0.29) is 101 Å². The third-order valence-corrected chi connectivity index (χ3v) is 0. The molecule has 7 heavy (non-hydrogen) atoms. The van der Waals surface area contributed by atoms with Gasteiger partial charge in [-0.1, -0.05) is 0 Å². The topological polar surface area (TPSA) is 46.1 Å². The van der Waals surface area contributed by atoms with Gasteiger partial charge in [0, 0.05) is 0 Å². The predicted molar refractivity (Wildman–Crippen MR) is 0 cm³/mol. The fourth-order valence-electron chi connectivity index (χ4n) is 0. The van der Waals surface area contributed by atoms with Crippen LogP contribution < -0.4 is 110 Å². The molecule has 7 heteroatoms. The predicted octanol–water partition coefficient (Wildman–Crippen LogP) is -14.4. The normalized spacial score (nSPS) is 2.57. The van der Waals surface area contributed by atoms with E-state index in [2.05, 4.69) is 0 Å². The Hall–Kier alpha value is 3.50. The third-order valence-electron chi connectivity index (χ3n) is 0. The maximum absolute atomic E-state index is 8.24. The molecule has 0 spiro atoms. The number of hydrogen-bond donors (Lipinski definition) is 0. The molecule has 0 radical (unpaired) electrons. The fourth-order valence-corrected chi connectivity index (χ4v) is 0. The van der Waals surface area contributed by atoms with E-state index in [9.17, 15) is 0 Å². The van der Waals surface area contributed by atoms with Crippen LogP contribution in [0, 0.1) is 11.3 Å². The molecule has 0 aliphatic carbocycles. The van der Waals surface area contributed by atoms with Gasteiger partial charge in [-0.3, -0.25) is 0 Å². The van der Waals surface area contributed by atoms with Crippen molar-refractivity contribution in [2.45, 2.75) is 0 Å². The van der Waals surface area contributed by atoms with Crippen LogP contribution in [-0.2, 0) is 0 Å². The zero-order valence-corrected chi connectivity index (χ0v) is 12.1. The molecular formula is Cl2Na3O2+. The minimum atomic E-state index is -0.417. The van der Waals surface area contributed by atoms with Gasteiger partial charge in [0.25, 0.3) is 0 Å². The monoisotopic (exact) mass is 171 g/mol. The molecule has 0 unspecified atom stereocenters. The summed E-state index contributed by atoms with van der Waals surface area (Å²) < 4.78 is 16.5. The maximum Gasteiger partial charge on any atom is 1.00 e. The average molecular weight is 172 g/mol. The van der Waals surface area contributed by atoms with Crippen LogP contribution in [0.3, 0.4) is 0 Å². The second-order valence-corrected chi connectivity index (χ2v) is 0.189. The smallest absolute Gasteiger partial charge is 1.00 e. The van der Waals surface area contributed by atoms with E-state index < -0.39 is 11.3 Å². The molecule has 0 N–H and O–H groups in total. The van der Waals surface area contributed by atoms with Gasteiger partial charge in [-0.05, 0) is 0 Å². The molecule has 0 aliphatic heterocycles. The van der Waals surface area contributed by atoms with Gasteiger partial charge in [-0.2, -0.15) is 0 Å². The van der Waals surface area contributed by atoms with Crippen molar-refractivity contribution in [1.29, 1.82) is 0 Å². The molecule has 0 rings (SSSR count). The summed E-state index contributed by atoms with van der Waals surface area (Å²) in [6, 6.07) is 0. The Morgan fingerprint density at radius 2 is 0.857 bits per heavy atom. The summed E-state index contributed by atoms with van der Waals surface area (Å²) in [7, 11) is 0. The summed E-state index contributed by atoms with van der Waals surface area (Å²) in [6.07, 6.45) is 0. The molecule has 0 saturated carbocycles. The average Bonchev–Trinajstić information content (AvgIpc) is 0.918. The Kier molecular flexibility index (Phi) is 152. The first kappa shape index (κ1) is 31.3. The zero-order valence-electron chi connectivity index (χ0n) is 4.57. The molecule has 0 aliphatic rings. The fraction of sp³-hybridized carbons (Fsp3) is 0. The van der Waals surface area contributed by atoms with Gasteiger partial charge in [0.2, 0.25) is 0 Å². The molecule has 0 aromatic heterocycles. The van der Waals surface area contributed by atoms with Crippen LogP contribution in [0.15, 0.2) is 0 Å². The van der Waals surface area contributed by atoms with Gasteiger partial charge in [-0.25, -0.2) is 0 Å². The van der Waals surface area contributed by atoms with Crippen molar-refractivity contribution >= 4 is 0 Å². The summed E-state index contributed by atoms with van der Waals surface area (Å²) in [4.78, 5) is 0. The number of hydrogen-bond acceptors (Lipinski definition) is 2. The first-order valence-electron chi connectivity index (χ1n) is 0.309. The maximum atomic E-state index is 8.24.